The number of carbonyl (C=O) groups is 1. The number of aromatic hydroxyl groups is 1. The molecule has 0 spiro atoms. The standard InChI is InChI=1S/C21H27NO4/c1-21(2,3)26-20(24)22-11-7-8-14(25-4)12-17-15-9-5-6-10-16(15)19(23)13-18(17)22/h5-6,9-10,13-14,23H,7-8,11-12H2,1-4H3. The van der Waals surface area contributed by atoms with Crippen molar-refractivity contribution >= 4 is 22.6 Å². The highest BCUT2D eigenvalue weighted by atomic mass is 16.6. The van der Waals surface area contributed by atoms with Gasteiger partial charge in [0.15, 0.2) is 0 Å². The second-order valence-corrected chi connectivity index (χ2v) is 7.77. The number of methoxy groups -OCH3 is 1. The Kier molecular flexibility index (Phi) is 5.10. The van der Waals surface area contributed by atoms with E-state index in [4.69, 9.17) is 9.47 Å². The molecule has 0 aromatic heterocycles. The highest BCUT2D eigenvalue weighted by Crippen LogP contribution is 2.38. The van der Waals surface area contributed by atoms with Gasteiger partial charge in [0, 0.05) is 31.5 Å². The minimum Gasteiger partial charge on any atom is -0.507 e. The van der Waals surface area contributed by atoms with Crippen LogP contribution in [0.4, 0.5) is 10.5 Å². The summed E-state index contributed by atoms with van der Waals surface area (Å²) in [6.07, 6.45) is 2.06. The molecule has 0 radical (unpaired) electrons. The number of phenols is 1. The SMILES string of the molecule is COC1CCCN(C(=O)OC(C)(C)C)c2cc(O)c3ccccc3c2C1. The second kappa shape index (κ2) is 7.16. The van der Waals surface area contributed by atoms with Crippen LogP contribution in [0.3, 0.4) is 0 Å². The summed E-state index contributed by atoms with van der Waals surface area (Å²) in [4.78, 5) is 14.5. The van der Waals surface area contributed by atoms with Crippen LogP contribution >= 0.6 is 0 Å². The lowest BCUT2D eigenvalue weighted by molar-refractivity contribution is 0.0568. The Morgan fingerprint density at radius 3 is 2.58 bits per heavy atom. The van der Waals surface area contributed by atoms with Gasteiger partial charge in [-0.1, -0.05) is 24.3 Å². The van der Waals surface area contributed by atoms with Crippen molar-refractivity contribution in [3.8, 4) is 5.75 Å². The second-order valence-electron chi connectivity index (χ2n) is 7.77. The Balaban J connectivity index is 2.15. The lowest BCUT2D eigenvalue weighted by Gasteiger charge is -2.32. The van der Waals surface area contributed by atoms with Crippen LogP contribution in [0.1, 0.15) is 39.2 Å². The molecule has 3 rings (SSSR count). The van der Waals surface area contributed by atoms with Gasteiger partial charge in [0.05, 0.1) is 11.8 Å². The smallest absolute Gasteiger partial charge is 0.414 e. The summed E-state index contributed by atoms with van der Waals surface area (Å²) in [6.45, 7) is 6.09. The summed E-state index contributed by atoms with van der Waals surface area (Å²) in [7, 11) is 1.72. The molecule has 2 aromatic carbocycles. The van der Waals surface area contributed by atoms with Gasteiger partial charge in [-0.2, -0.15) is 0 Å². The van der Waals surface area contributed by atoms with Crippen LogP contribution in [0.5, 0.6) is 5.75 Å². The van der Waals surface area contributed by atoms with Crippen LogP contribution in [-0.4, -0.2) is 36.6 Å². The molecule has 1 N–H and O–H groups in total. The van der Waals surface area contributed by atoms with E-state index in [-0.39, 0.29) is 17.9 Å². The van der Waals surface area contributed by atoms with Crippen molar-refractivity contribution in [3.63, 3.8) is 0 Å². The maximum atomic E-state index is 12.8. The quantitative estimate of drug-likeness (QED) is 0.808. The molecule has 5 nitrogen and oxygen atoms in total. The molecule has 0 aliphatic carbocycles. The van der Waals surface area contributed by atoms with Crippen LogP contribution in [0, 0.1) is 0 Å². The normalized spacial score (nSPS) is 18.2. The van der Waals surface area contributed by atoms with Gasteiger partial charge >= 0.3 is 6.09 Å². The van der Waals surface area contributed by atoms with Crippen molar-refractivity contribution in [3.05, 3.63) is 35.9 Å². The van der Waals surface area contributed by atoms with Crippen molar-refractivity contribution in [1.29, 1.82) is 0 Å². The summed E-state index contributed by atoms with van der Waals surface area (Å²) >= 11 is 0. The highest BCUT2D eigenvalue weighted by molar-refractivity contribution is 5.99. The van der Waals surface area contributed by atoms with Crippen molar-refractivity contribution in [2.24, 2.45) is 0 Å². The minimum absolute atomic E-state index is 0.0856. The van der Waals surface area contributed by atoms with Crippen molar-refractivity contribution in [2.45, 2.75) is 51.7 Å². The van der Waals surface area contributed by atoms with Gasteiger partial charge in [0.2, 0.25) is 0 Å². The van der Waals surface area contributed by atoms with E-state index in [9.17, 15) is 9.90 Å². The molecule has 1 amide bonds. The first-order valence-electron chi connectivity index (χ1n) is 9.07. The average Bonchev–Trinajstić information content (AvgIpc) is 2.55. The lowest BCUT2D eigenvalue weighted by atomic mass is 9.93. The highest BCUT2D eigenvalue weighted by Gasteiger charge is 2.29. The van der Waals surface area contributed by atoms with Crippen LogP contribution in [0.2, 0.25) is 0 Å². The summed E-state index contributed by atoms with van der Waals surface area (Å²) in [5.41, 5.74) is 1.14. The molecule has 26 heavy (non-hydrogen) atoms. The van der Waals surface area contributed by atoms with Gasteiger partial charge in [-0.25, -0.2) is 4.79 Å². The van der Waals surface area contributed by atoms with E-state index >= 15 is 0 Å². The predicted molar refractivity (Wildman–Crippen MR) is 103 cm³/mol. The van der Waals surface area contributed by atoms with E-state index in [2.05, 4.69) is 0 Å². The number of phenolic OH excluding ortho intramolecular Hbond substituents is 1. The van der Waals surface area contributed by atoms with Crippen molar-refractivity contribution in [1.82, 2.24) is 0 Å². The van der Waals surface area contributed by atoms with E-state index in [1.54, 1.807) is 18.1 Å². The number of fused-ring (bicyclic) bond motifs is 3. The first-order chi connectivity index (χ1) is 12.3. The number of hydrogen-bond donors (Lipinski definition) is 1. The molecule has 1 heterocycles. The topological polar surface area (TPSA) is 59.0 Å². The zero-order valence-corrected chi connectivity index (χ0v) is 15.9. The number of amides is 1. The van der Waals surface area contributed by atoms with E-state index in [0.29, 0.717) is 18.7 Å². The third-order valence-electron chi connectivity index (χ3n) is 4.69. The molecular weight excluding hydrogens is 330 g/mol. The molecule has 1 atom stereocenters. The number of rotatable bonds is 1. The Labute approximate surface area is 154 Å². The fourth-order valence-corrected chi connectivity index (χ4v) is 3.49. The molecule has 0 fully saturated rings. The van der Waals surface area contributed by atoms with Crippen LogP contribution < -0.4 is 4.90 Å². The monoisotopic (exact) mass is 357 g/mol. The third-order valence-corrected chi connectivity index (χ3v) is 4.69. The Hall–Kier alpha value is -2.27. The van der Waals surface area contributed by atoms with Crippen LogP contribution in [0.15, 0.2) is 30.3 Å². The van der Waals surface area contributed by atoms with Gasteiger partial charge in [0.1, 0.15) is 11.4 Å². The number of nitrogens with zero attached hydrogens (tertiary/aromatic N) is 1. The number of carbonyl (C=O) groups excluding carboxylic acids is 1. The van der Waals surface area contributed by atoms with E-state index in [1.165, 1.54) is 0 Å². The summed E-state index contributed by atoms with van der Waals surface area (Å²) in [6, 6.07) is 9.40. The largest absolute Gasteiger partial charge is 0.507 e. The molecule has 2 aromatic rings. The maximum Gasteiger partial charge on any atom is 0.414 e. The van der Waals surface area contributed by atoms with E-state index < -0.39 is 5.60 Å². The van der Waals surface area contributed by atoms with Gasteiger partial charge in [-0.05, 0) is 44.6 Å². The van der Waals surface area contributed by atoms with Gasteiger partial charge in [0.25, 0.3) is 0 Å². The Morgan fingerprint density at radius 1 is 1.23 bits per heavy atom. The Bertz CT molecular complexity index is 809. The number of hydrogen-bond acceptors (Lipinski definition) is 4. The average molecular weight is 357 g/mol. The molecular formula is C21H27NO4. The summed E-state index contributed by atoms with van der Waals surface area (Å²) in [5, 5.41) is 12.3. The zero-order valence-electron chi connectivity index (χ0n) is 15.9. The zero-order chi connectivity index (χ0) is 18.9. The molecule has 1 aliphatic heterocycles. The van der Waals surface area contributed by atoms with Crippen LogP contribution in [0.25, 0.3) is 10.8 Å². The van der Waals surface area contributed by atoms with Crippen LogP contribution in [-0.2, 0) is 15.9 Å². The van der Waals surface area contributed by atoms with Gasteiger partial charge in [-0.3, -0.25) is 4.90 Å². The summed E-state index contributed by atoms with van der Waals surface area (Å²) < 4.78 is 11.3. The lowest BCUT2D eigenvalue weighted by Crippen LogP contribution is -2.39. The maximum absolute atomic E-state index is 12.8. The number of anilines is 1. The fourth-order valence-electron chi connectivity index (χ4n) is 3.49. The van der Waals surface area contributed by atoms with Gasteiger partial charge in [-0.15, -0.1) is 0 Å². The molecule has 0 bridgehead atoms. The first kappa shape index (κ1) is 18.5. The summed E-state index contributed by atoms with van der Waals surface area (Å²) in [5.74, 6) is 0.169. The molecule has 0 saturated carbocycles. The molecule has 5 heteroatoms. The molecule has 140 valence electrons. The third kappa shape index (κ3) is 3.78. The molecule has 1 unspecified atom stereocenters. The molecule has 0 saturated heterocycles. The van der Waals surface area contributed by atoms with E-state index in [0.717, 1.165) is 29.2 Å². The van der Waals surface area contributed by atoms with E-state index in [1.807, 2.05) is 45.0 Å². The minimum atomic E-state index is -0.576. The van der Waals surface area contributed by atoms with Crippen molar-refractivity contribution in [2.75, 3.05) is 18.6 Å². The Morgan fingerprint density at radius 2 is 1.92 bits per heavy atom. The number of benzene rings is 2. The van der Waals surface area contributed by atoms with Crippen molar-refractivity contribution < 1.29 is 19.4 Å². The molecule has 1 aliphatic rings. The predicted octanol–water partition coefficient (Wildman–Crippen LogP) is 4.64. The fraction of sp³-hybridized carbons (Fsp3) is 0.476. The van der Waals surface area contributed by atoms with Gasteiger partial charge < -0.3 is 14.6 Å². The number of ether oxygens (including phenoxy) is 2. The first-order valence-corrected chi connectivity index (χ1v) is 9.07.